The molecule has 1 aromatic heterocycles. The number of carboxylic acids is 1. The second kappa shape index (κ2) is 7.07. The smallest absolute Gasteiger partial charge is 0.308 e. The van der Waals surface area contributed by atoms with Crippen LogP contribution in [-0.4, -0.2) is 40.1 Å². The van der Waals surface area contributed by atoms with E-state index in [1.54, 1.807) is 11.8 Å². The third-order valence-electron chi connectivity index (χ3n) is 3.42. The average Bonchev–Trinajstić information content (AvgIpc) is 2.72. The van der Waals surface area contributed by atoms with Crippen LogP contribution in [0.3, 0.4) is 0 Å². The van der Waals surface area contributed by atoms with Crippen LogP contribution in [-0.2, 0) is 16.0 Å². The highest BCUT2D eigenvalue weighted by molar-refractivity contribution is 5.77. The van der Waals surface area contributed by atoms with Crippen LogP contribution in [0.4, 0.5) is 0 Å². The summed E-state index contributed by atoms with van der Waals surface area (Å²) in [6.45, 7) is 7.88. The van der Waals surface area contributed by atoms with Gasteiger partial charge in [-0.05, 0) is 27.2 Å². The van der Waals surface area contributed by atoms with Crippen molar-refractivity contribution in [2.24, 2.45) is 5.92 Å². The number of carboxylic acid groups (broad SMARTS) is 1. The Morgan fingerprint density at radius 3 is 2.50 bits per heavy atom. The number of carbonyl (C=O) groups is 2. The summed E-state index contributed by atoms with van der Waals surface area (Å²) in [5.41, 5.74) is 1.76. The predicted octanol–water partition coefficient (Wildman–Crippen LogP) is 1.79. The minimum absolute atomic E-state index is 0.0411. The van der Waals surface area contributed by atoms with Crippen molar-refractivity contribution in [1.29, 1.82) is 0 Å². The highest BCUT2D eigenvalue weighted by Gasteiger charge is 2.20. The molecule has 6 nitrogen and oxygen atoms in total. The quantitative estimate of drug-likeness (QED) is 0.824. The SMILES string of the molecule is CCN(CC(C)C(=O)O)C(=O)CCc1c(C)noc1C. The normalized spacial score (nSPS) is 12.2. The zero-order valence-electron chi connectivity index (χ0n) is 12.5. The lowest BCUT2D eigenvalue weighted by Gasteiger charge is -2.22. The maximum Gasteiger partial charge on any atom is 0.308 e. The van der Waals surface area contributed by atoms with Crippen molar-refractivity contribution in [2.45, 2.75) is 40.5 Å². The molecule has 6 heteroatoms. The molecule has 1 N–H and O–H groups in total. The Morgan fingerprint density at radius 1 is 1.40 bits per heavy atom. The van der Waals surface area contributed by atoms with E-state index in [0.29, 0.717) is 19.4 Å². The van der Waals surface area contributed by atoms with Gasteiger partial charge < -0.3 is 14.5 Å². The van der Waals surface area contributed by atoms with Crippen molar-refractivity contribution in [1.82, 2.24) is 10.1 Å². The van der Waals surface area contributed by atoms with Gasteiger partial charge in [0.15, 0.2) is 0 Å². The Morgan fingerprint density at radius 2 is 2.05 bits per heavy atom. The number of aromatic nitrogens is 1. The van der Waals surface area contributed by atoms with Gasteiger partial charge >= 0.3 is 5.97 Å². The number of amides is 1. The molecule has 0 saturated heterocycles. The van der Waals surface area contributed by atoms with Crippen LogP contribution in [0.25, 0.3) is 0 Å². The van der Waals surface area contributed by atoms with Gasteiger partial charge in [0, 0.05) is 25.1 Å². The van der Waals surface area contributed by atoms with Gasteiger partial charge in [-0.25, -0.2) is 0 Å². The molecular formula is C14H22N2O4. The molecule has 0 aliphatic heterocycles. The molecule has 0 bridgehead atoms. The Bertz CT molecular complexity index is 462. The molecule has 1 unspecified atom stereocenters. The first-order valence-corrected chi connectivity index (χ1v) is 6.79. The molecular weight excluding hydrogens is 260 g/mol. The van der Waals surface area contributed by atoms with Crippen molar-refractivity contribution >= 4 is 11.9 Å². The second-order valence-corrected chi connectivity index (χ2v) is 4.97. The summed E-state index contributed by atoms with van der Waals surface area (Å²) in [5, 5.41) is 12.8. The average molecular weight is 282 g/mol. The molecule has 0 saturated carbocycles. The first kappa shape index (κ1) is 16.2. The molecule has 0 spiro atoms. The number of aliphatic carboxylic acids is 1. The van der Waals surface area contributed by atoms with E-state index in [1.165, 1.54) is 0 Å². The van der Waals surface area contributed by atoms with Gasteiger partial charge in [0.2, 0.25) is 5.91 Å². The maximum absolute atomic E-state index is 12.1. The van der Waals surface area contributed by atoms with Crippen molar-refractivity contribution in [3.63, 3.8) is 0 Å². The highest BCUT2D eigenvalue weighted by Crippen LogP contribution is 2.15. The summed E-state index contributed by atoms with van der Waals surface area (Å²) >= 11 is 0. The number of aryl methyl sites for hydroxylation is 2. The van der Waals surface area contributed by atoms with E-state index in [4.69, 9.17) is 9.63 Å². The van der Waals surface area contributed by atoms with Crippen molar-refractivity contribution in [3.8, 4) is 0 Å². The number of hydrogen-bond donors (Lipinski definition) is 1. The molecule has 0 aliphatic carbocycles. The summed E-state index contributed by atoms with van der Waals surface area (Å²) in [6.07, 6.45) is 0.904. The van der Waals surface area contributed by atoms with E-state index >= 15 is 0 Å². The molecule has 112 valence electrons. The third kappa shape index (κ3) is 4.08. The van der Waals surface area contributed by atoms with Gasteiger partial charge in [0.25, 0.3) is 0 Å². The van der Waals surface area contributed by atoms with Gasteiger partial charge in [-0.3, -0.25) is 9.59 Å². The van der Waals surface area contributed by atoms with Crippen LogP contribution in [0.1, 0.15) is 37.3 Å². The van der Waals surface area contributed by atoms with E-state index in [2.05, 4.69) is 5.16 Å². The topological polar surface area (TPSA) is 83.6 Å². The maximum atomic E-state index is 12.1. The summed E-state index contributed by atoms with van der Waals surface area (Å²) < 4.78 is 5.06. The number of rotatable bonds is 7. The van der Waals surface area contributed by atoms with E-state index in [1.807, 2.05) is 20.8 Å². The molecule has 1 rings (SSSR count). The van der Waals surface area contributed by atoms with Gasteiger partial charge in [-0.2, -0.15) is 0 Å². The Labute approximate surface area is 118 Å². The lowest BCUT2D eigenvalue weighted by atomic mass is 10.1. The zero-order chi connectivity index (χ0) is 15.3. The molecule has 1 aromatic rings. The number of nitrogens with zero attached hydrogens (tertiary/aromatic N) is 2. The Hall–Kier alpha value is -1.85. The molecule has 0 fully saturated rings. The first-order valence-electron chi connectivity index (χ1n) is 6.79. The molecule has 20 heavy (non-hydrogen) atoms. The lowest BCUT2D eigenvalue weighted by Crippen LogP contribution is -2.36. The molecule has 1 atom stereocenters. The lowest BCUT2D eigenvalue weighted by molar-refractivity contribution is -0.143. The van der Waals surface area contributed by atoms with Crippen molar-refractivity contribution in [2.75, 3.05) is 13.1 Å². The summed E-state index contributed by atoms with van der Waals surface area (Å²) in [6, 6.07) is 0. The van der Waals surface area contributed by atoms with Crippen LogP contribution >= 0.6 is 0 Å². The van der Waals surface area contributed by atoms with E-state index in [9.17, 15) is 9.59 Å². The molecule has 0 aromatic carbocycles. The van der Waals surface area contributed by atoms with Gasteiger partial charge in [0.1, 0.15) is 5.76 Å². The fraction of sp³-hybridized carbons (Fsp3) is 0.643. The molecule has 1 heterocycles. The molecule has 0 radical (unpaired) electrons. The summed E-state index contributed by atoms with van der Waals surface area (Å²) in [7, 11) is 0. The monoisotopic (exact) mass is 282 g/mol. The largest absolute Gasteiger partial charge is 0.481 e. The minimum atomic E-state index is -0.887. The van der Waals surface area contributed by atoms with Crippen LogP contribution in [0, 0.1) is 19.8 Å². The number of hydrogen-bond acceptors (Lipinski definition) is 4. The fourth-order valence-corrected chi connectivity index (χ4v) is 2.06. The standard InChI is InChI=1S/C14H22N2O4/c1-5-16(8-9(2)14(18)19)13(17)7-6-12-10(3)15-20-11(12)4/h9H,5-8H2,1-4H3,(H,18,19). The highest BCUT2D eigenvalue weighted by atomic mass is 16.5. The van der Waals surface area contributed by atoms with Gasteiger partial charge in [0.05, 0.1) is 11.6 Å². The van der Waals surface area contributed by atoms with E-state index in [-0.39, 0.29) is 12.5 Å². The van der Waals surface area contributed by atoms with Crippen LogP contribution in [0.5, 0.6) is 0 Å². The van der Waals surface area contributed by atoms with Gasteiger partial charge in [-0.15, -0.1) is 0 Å². The zero-order valence-corrected chi connectivity index (χ0v) is 12.5. The van der Waals surface area contributed by atoms with E-state index < -0.39 is 11.9 Å². The van der Waals surface area contributed by atoms with Crippen LogP contribution in [0.2, 0.25) is 0 Å². The summed E-state index contributed by atoms with van der Waals surface area (Å²) in [4.78, 5) is 24.6. The van der Waals surface area contributed by atoms with Crippen LogP contribution in [0.15, 0.2) is 4.52 Å². The number of carbonyl (C=O) groups excluding carboxylic acids is 1. The third-order valence-corrected chi connectivity index (χ3v) is 3.42. The molecule has 1 amide bonds. The fourth-order valence-electron chi connectivity index (χ4n) is 2.06. The van der Waals surface area contributed by atoms with Crippen LogP contribution < -0.4 is 0 Å². The van der Waals surface area contributed by atoms with E-state index in [0.717, 1.165) is 17.0 Å². The first-order chi connectivity index (χ1) is 9.36. The van der Waals surface area contributed by atoms with Crippen molar-refractivity contribution < 1.29 is 19.2 Å². The molecule has 0 aliphatic rings. The minimum Gasteiger partial charge on any atom is -0.481 e. The second-order valence-electron chi connectivity index (χ2n) is 4.97. The van der Waals surface area contributed by atoms with Gasteiger partial charge in [-0.1, -0.05) is 12.1 Å². The predicted molar refractivity (Wildman–Crippen MR) is 73.4 cm³/mol. The summed E-state index contributed by atoms with van der Waals surface area (Å²) in [5.74, 6) is -0.752. The Kier molecular flexibility index (Phi) is 5.73. The Balaban J connectivity index is 2.58. The van der Waals surface area contributed by atoms with Crippen molar-refractivity contribution in [3.05, 3.63) is 17.0 Å².